The summed E-state index contributed by atoms with van der Waals surface area (Å²) in [6.07, 6.45) is 4.25. The van der Waals surface area contributed by atoms with Crippen molar-refractivity contribution >= 4 is 17.3 Å². The maximum Gasteiger partial charge on any atom is 0.304 e. The molecule has 0 saturated carbocycles. The molecule has 0 bridgehead atoms. The first-order valence-corrected chi connectivity index (χ1v) is 7.32. The van der Waals surface area contributed by atoms with Crippen molar-refractivity contribution in [3.63, 3.8) is 0 Å². The highest BCUT2D eigenvalue weighted by Gasteiger charge is 2.23. The van der Waals surface area contributed by atoms with Gasteiger partial charge < -0.3 is 11.1 Å². The van der Waals surface area contributed by atoms with Crippen LogP contribution in [-0.2, 0) is 0 Å². The van der Waals surface area contributed by atoms with Crippen LogP contribution < -0.4 is 11.1 Å². The Bertz CT molecular complexity index is 503. The minimum absolute atomic E-state index is 0.00525. The van der Waals surface area contributed by atoms with Crippen LogP contribution in [0.1, 0.15) is 49.9 Å². The van der Waals surface area contributed by atoms with Crippen LogP contribution in [0.4, 0.5) is 11.4 Å². The molecule has 0 radical (unpaired) electrons. The van der Waals surface area contributed by atoms with E-state index in [9.17, 15) is 14.9 Å². The van der Waals surface area contributed by atoms with E-state index in [1.54, 1.807) is 6.07 Å². The number of benzene rings is 1. The zero-order valence-corrected chi connectivity index (χ0v) is 12.6. The summed E-state index contributed by atoms with van der Waals surface area (Å²) in [5.41, 5.74) is 5.29. The molecule has 116 valence electrons. The van der Waals surface area contributed by atoms with Crippen molar-refractivity contribution in [2.24, 2.45) is 5.92 Å². The second-order valence-electron chi connectivity index (χ2n) is 5.13. The van der Waals surface area contributed by atoms with Crippen LogP contribution >= 0.6 is 0 Å². The van der Waals surface area contributed by atoms with Gasteiger partial charge in [0.05, 0.1) is 4.92 Å². The largest absolute Gasteiger partial charge is 0.393 e. The molecule has 1 aromatic rings. The summed E-state index contributed by atoms with van der Waals surface area (Å²) in [7, 11) is 0. The van der Waals surface area contributed by atoms with Gasteiger partial charge in [-0.15, -0.1) is 0 Å². The van der Waals surface area contributed by atoms with E-state index in [1.807, 2.05) is 0 Å². The van der Waals surface area contributed by atoms with Gasteiger partial charge in [0, 0.05) is 6.54 Å². The highest BCUT2D eigenvalue weighted by molar-refractivity contribution is 6.00. The van der Waals surface area contributed by atoms with Gasteiger partial charge in [-0.25, -0.2) is 0 Å². The fraction of sp³-hybridized carbons (Fsp3) is 0.533. The van der Waals surface area contributed by atoms with E-state index < -0.39 is 10.8 Å². The molecule has 0 aliphatic carbocycles. The number of nitrogens with two attached hydrogens (primary N) is 1. The third kappa shape index (κ3) is 4.73. The molecule has 0 aromatic heterocycles. The quantitative estimate of drug-likeness (QED) is 0.437. The predicted molar refractivity (Wildman–Crippen MR) is 83.1 cm³/mol. The molecule has 6 heteroatoms. The minimum Gasteiger partial charge on any atom is -0.393 e. The summed E-state index contributed by atoms with van der Waals surface area (Å²) in [6.45, 7) is 4.73. The van der Waals surface area contributed by atoms with Crippen molar-refractivity contribution in [2.45, 2.75) is 39.5 Å². The van der Waals surface area contributed by atoms with Crippen molar-refractivity contribution in [3.05, 3.63) is 33.9 Å². The van der Waals surface area contributed by atoms with Crippen LogP contribution in [-0.4, -0.2) is 17.4 Å². The Morgan fingerprint density at radius 3 is 2.71 bits per heavy atom. The van der Waals surface area contributed by atoms with Gasteiger partial charge in [-0.3, -0.25) is 14.9 Å². The van der Waals surface area contributed by atoms with Crippen LogP contribution in [0.5, 0.6) is 0 Å². The first-order chi connectivity index (χ1) is 10.0. The molecule has 1 amide bonds. The van der Waals surface area contributed by atoms with E-state index in [-0.39, 0.29) is 16.9 Å². The molecule has 0 aliphatic rings. The number of nitro groups is 1. The molecule has 21 heavy (non-hydrogen) atoms. The van der Waals surface area contributed by atoms with E-state index in [4.69, 9.17) is 5.73 Å². The van der Waals surface area contributed by atoms with Gasteiger partial charge >= 0.3 is 5.69 Å². The summed E-state index contributed by atoms with van der Waals surface area (Å²) >= 11 is 0. The maximum atomic E-state index is 12.1. The molecule has 6 nitrogen and oxygen atoms in total. The molecule has 1 unspecified atom stereocenters. The molecule has 1 rings (SSSR count). The van der Waals surface area contributed by atoms with Gasteiger partial charge in [0.25, 0.3) is 5.91 Å². The van der Waals surface area contributed by atoms with E-state index in [1.165, 1.54) is 12.1 Å². The number of nitrogens with one attached hydrogen (secondary N) is 1. The number of nitrogen functional groups attached to an aromatic ring is 1. The molecule has 0 heterocycles. The number of carbonyl (C=O) groups is 1. The zero-order valence-electron chi connectivity index (χ0n) is 12.6. The van der Waals surface area contributed by atoms with Gasteiger partial charge in [0.1, 0.15) is 11.3 Å². The molecule has 0 saturated heterocycles. The monoisotopic (exact) mass is 293 g/mol. The number of hydrogen-bond acceptors (Lipinski definition) is 4. The van der Waals surface area contributed by atoms with E-state index in [0.717, 1.165) is 25.7 Å². The lowest BCUT2D eigenvalue weighted by molar-refractivity contribution is -0.384. The van der Waals surface area contributed by atoms with Gasteiger partial charge in [0.15, 0.2) is 0 Å². The van der Waals surface area contributed by atoms with Crippen molar-refractivity contribution < 1.29 is 9.72 Å². The first-order valence-electron chi connectivity index (χ1n) is 7.32. The average Bonchev–Trinajstić information content (AvgIpc) is 2.46. The Labute approximate surface area is 124 Å². The summed E-state index contributed by atoms with van der Waals surface area (Å²) in [6, 6.07) is 4.40. The Kier molecular flexibility index (Phi) is 6.65. The Morgan fingerprint density at radius 1 is 1.43 bits per heavy atom. The lowest BCUT2D eigenvalue weighted by Gasteiger charge is -2.15. The van der Waals surface area contributed by atoms with Crippen LogP contribution in [0.15, 0.2) is 18.2 Å². The smallest absolute Gasteiger partial charge is 0.304 e. The molecule has 0 spiro atoms. The molecular weight excluding hydrogens is 270 g/mol. The van der Waals surface area contributed by atoms with Crippen LogP contribution in [0.3, 0.4) is 0 Å². The molecule has 0 aliphatic heterocycles. The zero-order chi connectivity index (χ0) is 15.8. The minimum atomic E-state index is -0.612. The van der Waals surface area contributed by atoms with Gasteiger partial charge in [-0.1, -0.05) is 39.2 Å². The number of hydrogen-bond donors (Lipinski definition) is 2. The van der Waals surface area contributed by atoms with Crippen LogP contribution in [0.25, 0.3) is 0 Å². The van der Waals surface area contributed by atoms with Gasteiger partial charge in [0.2, 0.25) is 0 Å². The number of amides is 1. The number of nitrogens with zero attached hydrogens (tertiary/aromatic N) is 1. The summed E-state index contributed by atoms with van der Waals surface area (Å²) in [5.74, 6) is -0.0436. The van der Waals surface area contributed by atoms with Crippen LogP contribution in [0.2, 0.25) is 0 Å². The SMILES string of the molecule is CCCCC(CC)CNC(=O)c1cccc(N)c1[N+](=O)[O-]. The lowest BCUT2D eigenvalue weighted by atomic mass is 9.99. The summed E-state index contributed by atoms with van der Waals surface area (Å²) < 4.78 is 0. The van der Waals surface area contributed by atoms with E-state index >= 15 is 0 Å². The summed E-state index contributed by atoms with van der Waals surface area (Å²) in [4.78, 5) is 22.6. The van der Waals surface area contributed by atoms with Crippen molar-refractivity contribution in [3.8, 4) is 0 Å². The predicted octanol–water partition coefficient (Wildman–Crippen LogP) is 3.12. The number of carbonyl (C=O) groups excluding carboxylic acids is 1. The van der Waals surface area contributed by atoms with Gasteiger partial charge in [-0.2, -0.15) is 0 Å². The molecule has 3 N–H and O–H groups in total. The Hall–Kier alpha value is -2.11. The van der Waals surface area contributed by atoms with Crippen LogP contribution in [0, 0.1) is 16.0 Å². The summed E-state index contributed by atoms with van der Waals surface area (Å²) in [5, 5.41) is 13.8. The fourth-order valence-corrected chi connectivity index (χ4v) is 2.22. The number of unbranched alkanes of at least 4 members (excludes halogenated alkanes) is 1. The molecule has 1 aromatic carbocycles. The number of para-hydroxylation sites is 1. The molecular formula is C15H23N3O3. The average molecular weight is 293 g/mol. The van der Waals surface area contributed by atoms with Gasteiger partial charge in [-0.05, 0) is 24.5 Å². The number of nitro benzene ring substituents is 1. The Balaban J connectivity index is 2.76. The third-order valence-corrected chi connectivity index (χ3v) is 3.59. The second-order valence-corrected chi connectivity index (χ2v) is 5.13. The molecule has 0 fully saturated rings. The first kappa shape index (κ1) is 16.9. The maximum absolute atomic E-state index is 12.1. The highest BCUT2D eigenvalue weighted by atomic mass is 16.6. The highest BCUT2D eigenvalue weighted by Crippen LogP contribution is 2.25. The van der Waals surface area contributed by atoms with Crippen molar-refractivity contribution in [1.29, 1.82) is 0 Å². The standard InChI is InChI=1S/C15H23N3O3/c1-3-5-7-11(4-2)10-17-15(19)12-8-6-9-13(16)14(12)18(20)21/h6,8-9,11H,3-5,7,10,16H2,1-2H3,(H,17,19). The van der Waals surface area contributed by atoms with E-state index in [0.29, 0.717) is 12.5 Å². The number of anilines is 1. The topological polar surface area (TPSA) is 98.3 Å². The Morgan fingerprint density at radius 2 is 2.14 bits per heavy atom. The second kappa shape index (κ2) is 8.24. The van der Waals surface area contributed by atoms with Crippen molar-refractivity contribution in [1.82, 2.24) is 5.32 Å². The molecule has 1 atom stereocenters. The fourth-order valence-electron chi connectivity index (χ4n) is 2.22. The lowest BCUT2D eigenvalue weighted by Crippen LogP contribution is -2.29. The normalized spacial score (nSPS) is 11.9. The van der Waals surface area contributed by atoms with E-state index in [2.05, 4.69) is 19.2 Å². The number of rotatable bonds is 8. The van der Waals surface area contributed by atoms with Crippen molar-refractivity contribution in [2.75, 3.05) is 12.3 Å². The third-order valence-electron chi connectivity index (χ3n) is 3.59.